The van der Waals surface area contributed by atoms with Crippen molar-refractivity contribution in [1.29, 1.82) is 0 Å². The lowest BCUT2D eigenvalue weighted by atomic mass is 9.91. The normalized spacial score (nSPS) is 24.7. The van der Waals surface area contributed by atoms with Crippen LogP contribution >= 0.6 is 0 Å². The Hall–Kier alpha value is -3.08. The minimum absolute atomic E-state index is 0.00761. The fourth-order valence-corrected chi connectivity index (χ4v) is 6.61. The van der Waals surface area contributed by atoms with E-state index in [1.54, 1.807) is 19.1 Å². The van der Waals surface area contributed by atoms with Crippen LogP contribution in [-0.4, -0.2) is 90.5 Å². The average Bonchev–Trinajstić information content (AvgIpc) is 3.16. The third-order valence-electron chi connectivity index (χ3n) is 8.67. The molecule has 2 fully saturated rings. The molecule has 2 saturated heterocycles. The topological polar surface area (TPSA) is 101 Å². The van der Waals surface area contributed by atoms with Gasteiger partial charge in [0.1, 0.15) is 5.82 Å². The Morgan fingerprint density at radius 3 is 2.66 bits per heavy atom. The number of H-pyrrole nitrogens is 1. The minimum Gasteiger partial charge on any atom is -0.352 e. The van der Waals surface area contributed by atoms with E-state index in [2.05, 4.69) is 32.3 Å². The van der Waals surface area contributed by atoms with E-state index in [1.165, 1.54) is 12.1 Å². The molecule has 3 atom stereocenters. The molecular formula is C31H43FN6O3. The van der Waals surface area contributed by atoms with Gasteiger partial charge in [0.25, 0.3) is 5.56 Å². The van der Waals surface area contributed by atoms with Crippen molar-refractivity contribution >= 4 is 17.5 Å². The van der Waals surface area contributed by atoms with Crippen LogP contribution in [0.5, 0.6) is 0 Å². The number of carbonyl (C=O) groups is 2. The first-order valence-corrected chi connectivity index (χ1v) is 14.8. The zero-order chi connectivity index (χ0) is 29.3. The molecule has 0 aliphatic carbocycles. The zero-order valence-corrected chi connectivity index (χ0v) is 24.6. The zero-order valence-electron chi connectivity index (χ0n) is 24.6. The molecule has 4 heterocycles. The summed E-state index contributed by atoms with van der Waals surface area (Å²) in [5.41, 5.74) is 2.36. The van der Waals surface area contributed by atoms with Gasteiger partial charge >= 0.3 is 0 Å². The Morgan fingerprint density at radius 2 is 1.93 bits per heavy atom. The van der Waals surface area contributed by atoms with Gasteiger partial charge in [0.05, 0.1) is 12.2 Å². The van der Waals surface area contributed by atoms with Crippen molar-refractivity contribution in [3.63, 3.8) is 0 Å². The van der Waals surface area contributed by atoms with Crippen molar-refractivity contribution in [2.75, 3.05) is 50.7 Å². The number of piperidine rings is 1. The fraction of sp³-hybridized carbons (Fsp3) is 0.581. The Labute approximate surface area is 241 Å². The maximum atomic E-state index is 13.9. The lowest BCUT2D eigenvalue weighted by Crippen LogP contribution is -2.61. The van der Waals surface area contributed by atoms with E-state index in [1.807, 2.05) is 24.8 Å². The van der Waals surface area contributed by atoms with Gasteiger partial charge in [0, 0.05) is 80.9 Å². The summed E-state index contributed by atoms with van der Waals surface area (Å²) in [6, 6.07) is 8.61. The summed E-state index contributed by atoms with van der Waals surface area (Å²) < 4.78 is 13.4. The molecule has 9 nitrogen and oxygen atoms in total. The number of aromatic nitrogens is 1. The maximum Gasteiger partial charge on any atom is 0.251 e. The van der Waals surface area contributed by atoms with Gasteiger partial charge < -0.3 is 20.5 Å². The number of amides is 2. The van der Waals surface area contributed by atoms with Crippen LogP contribution in [-0.2, 0) is 21.4 Å². The monoisotopic (exact) mass is 566 g/mol. The number of nitrogens with zero attached hydrogens (tertiary/aromatic N) is 3. The number of pyridine rings is 1. The van der Waals surface area contributed by atoms with Gasteiger partial charge in [-0.3, -0.25) is 24.2 Å². The first kappa shape index (κ1) is 29.4. The van der Waals surface area contributed by atoms with Crippen molar-refractivity contribution < 1.29 is 14.0 Å². The maximum absolute atomic E-state index is 13.9. The molecule has 0 bridgehead atoms. The highest BCUT2D eigenvalue weighted by atomic mass is 19.1. The van der Waals surface area contributed by atoms with Crippen LogP contribution in [0.2, 0.25) is 0 Å². The Kier molecular flexibility index (Phi) is 8.63. The number of hydrogen-bond acceptors (Lipinski definition) is 6. The molecule has 0 saturated carbocycles. The van der Waals surface area contributed by atoms with Crippen LogP contribution < -0.4 is 21.1 Å². The summed E-state index contributed by atoms with van der Waals surface area (Å²) in [6.45, 7) is 12.8. The van der Waals surface area contributed by atoms with Crippen LogP contribution in [0, 0.1) is 5.82 Å². The SMILES string of the molecule is CC(=O)N[C@@H]1CCCN(C[C@H]2CN[C@H](C)CN2CC(=O)N2CC(C)(C)c3[nH]c(=O)c(Cc4ccc(F)cc4)cc32)C1. The third-order valence-corrected chi connectivity index (χ3v) is 8.67. The molecule has 0 unspecified atom stereocenters. The molecule has 1 aromatic heterocycles. The smallest absolute Gasteiger partial charge is 0.251 e. The summed E-state index contributed by atoms with van der Waals surface area (Å²) in [7, 11) is 0. The van der Waals surface area contributed by atoms with Crippen LogP contribution in [0.15, 0.2) is 35.1 Å². The highest BCUT2D eigenvalue weighted by molar-refractivity contribution is 5.97. The highest BCUT2D eigenvalue weighted by Crippen LogP contribution is 2.39. The average molecular weight is 567 g/mol. The van der Waals surface area contributed by atoms with Gasteiger partial charge in [0.2, 0.25) is 11.8 Å². The highest BCUT2D eigenvalue weighted by Gasteiger charge is 2.41. The molecule has 1 aromatic carbocycles. The lowest BCUT2D eigenvalue weighted by Gasteiger charge is -2.43. The second-order valence-corrected chi connectivity index (χ2v) is 12.7. The molecule has 222 valence electrons. The number of carbonyl (C=O) groups excluding carboxylic acids is 2. The van der Waals surface area contributed by atoms with Crippen LogP contribution in [0.3, 0.4) is 0 Å². The summed E-state index contributed by atoms with van der Waals surface area (Å²) in [5.74, 6) is -0.290. The Morgan fingerprint density at radius 1 is 1.17 bits per heavy atom. The number of hydrogen-bond donors (Lipinski definition) is 3. The van der Waals surface area contributed by atoms with Crippen molar-refractivity contribution in [2.45, 2.75) is 70.5 Å². The van der Waals surface area contributed by atoms with E-state index in [4.69, 9.17) is 0 Å². The number of rotatable bonds is 7. The Bertz CT molecular complexity index is 1330. The van der Waals surface area contributed by atoms with E-state index in [0.717, 1.165) is 62.5 Å². The lowest BCUT2D eigenvalue weighted by molar-refractivity contribution is -0.121. The molecular weight excluding hydrogens is 523 g/mol. The molecule has 0 spiro atoms. The van der Waals surface area contributed by atoms with E-state index >= 15 is 0 Å². The molecule has 2 amide bonds. The number of aromatic amines is 1. The largest absolute Gasteiger partial charge is 0.352 e. The fourth-order valence-electron chi connectivity index (χ4n) is 6.61. The van der Waals surface area contributed by atoms with Gasteiger partial charge in [-0.1, -0.05) is 26.0 Å². The summed E-state index contributed by atoms with van der Waals surface area (Å²) in [5, 5.41) is 6.65. The number of fused-ring (bicyclic) bond motifs is 1. The number of likely N-dealkylation sites (tertiary alicyclic amines) is 1. The van der Waals surface area contributed by atoms with Gasteiger partial charge in [-0.05, 0) is 50.1 Å². The number of halogens is 1. The molecule has 2 aromatic rings. The van der Waals surface area contributed by atoms with Crippen molar-refractivity contribution in [3.8, 4) is 0 Å². The van der Waals surface area contributed by atoms with Crippen LogP contribution in [0.4, 0.5) is 10.1 Å². The van der Waals surface area contributed by atoms with Crippen molar-refractivity contribution in [3.05, 3.63) is 63.3 Å². The molecule has 3 aliphatic rings. The van der Waals surface area contributed by atoms with E-state index in [-0.39, 0.29) is 46.7 Å². The van der Waals surface area contributed by atoms with Crippen LogP contribution in [0.25, 0.3) is 0 Å². The molecule has 5 rings (SSSR count). The van der Waals surface area contributed by atoms with E-state index in [0.29, 0.717) is 25.1 Å². The standard InChI is InChI=1S/C31H43FN6O3/c1-20-15-37(26(14-33-20)17-36-11-5-6-25(16-36)34-21(2)39)18-28(40)38-19-31(3,4)29-27(38)13-23(30(41)35-29)12-22-7-9-24(32)10-8-22/h7-10,13,20,25-26,33H,5-6,11-12,14-19H2,1-4H3,(H,34,39)(H,35,41)/t20-,25-,26-/m1/s1. The van der Waals surface area contributed by atoms with E-state index < -0.39 is 0 Å². The third kappa shape index (κ3) is 6.88. The number of anilines is 1. The van der Waals surface area contributed by atoms with E-state index in [9.17, 15) is 18.8 Å². The second-order valence-electron chi connectivity index (χ2n) is 12.7. The number of piperazine rings is 1. The minimum atomic E-state index is -0.388. The summed E-state index contributed by atoms with van der Waals surface area (Å²) in [6.07, 6.45) is 2.39. The molecule has 10 heteroatoms. The first-order chi connectivity index (χ1) is 19.5. The second kappa shape index (κ2) is 12.0. The number of nitrogens with one attached hydrogen (secondary N) is 3. The quantitative estimate of drug-likeness (QED) is 0.474. The summed E-state index contributed by atoms with van der Waals surface area (Å²) >= 11 is 0. The number of benzene rings is 1. The molecule has 3 N–H and O–H groups in total. The van der Waals surface area contributed by atoms with Crippen molar-refractivity contribution in [2.24, 2.45) is 0 Å². The summed E-state index contributed by atoms with van der Waals surface area (Å²) in [4.78, 5) is 48.1. The van der Waals surface area contributed by atoms with Crippen molar-refractivity contribution in [1.82, 2.24) is 25.4 Å². The molecule has 41 heavy (non-hydrogen) atoms. The van der Waals surface area contributed by atoms with Gasteiger partial charge in [0.15, 0.2) is 0 Å². The predicted molar refractivity (Wildman–Crippen MR) is 158 cm³/mol. The Balaban J connectivity index is 1.32. The predicted octanol–water partition coefficient (Wildman–Crippen LogP) is 1.99. The molecule has 0 radical (unpaired) electrons. The van der Waals surface area contributed by atoms with Crippen LogP contribution in [0.1, 0.15) is 57.4 Å². The van der Waals surface area contributed by atoms with Gasteiger partial charge in [-0.2, -0.15) is 0 Å². The first-order valence-electron chi connectivity index (χ1n) is 14.8. The van der Waals surface area contributed by atoms with Gasteiger partial charge in [-0.15, -0.1) is 0 Å². The van der Waals surface area contributed by atoms with Gasteiger partial charge in [-0.25, -0.2) is 4.39 Å². The molecule has 3 aliphatic heterocycles.